The van der Waals surface area contributed by atoms with Gasteiger partial charge in [0.25, 0.3) is 0 Å². The van der Waals surface area contributed by atoms with Gasteiger partial charge in [0.05, 0.1) is 0 Å². The van der Waals surface area contributed by atoms with Gasteiger partial charge in [-0.05, 0) is 34.4 Å². The maximum atomic E-state index is 2.36. The molecular formula is C15H20S. The van der Waals surface area contributed by atoms with Crippen molar-refractivity contribution in [1.82, 2.24) is 0 Å². The van der Waals surface area contributed by atoms with Crippen LogP contribution in [0.5, 0.6) is 0 Å². The van der Waals surface area contributed by atoms with Crippen molar-refractivity contribution in [3.63, 3.8) is 0 Å². The zero-order chi connectivity index (χ0) is 11.7. The van der Waals surface area contributed by atoms with E-state index in [1.54, 1.807) is 5.56 Å². The number of benzene rings is 1. The van der Waals surface area contributed by atoms with Gasteiger partial charge in [0.15, 0.2) is 0 Å². The molecule has 0 aromatic heterocycles. The Kier molecular flexibility index (Phi) is 3.44. The Morgan fingerprint density at radius 1 is 1.12 bits per heavy atom. The number of rotatable bonds is 2. The third kappa shape index (κ3) is 2.06. The Labute approximate surface area is 103 Å². The molecule has 1 aliphatic rings. The molecule has 0 radical (unpaired) electrons. The summed E-state index contributed by atoms with van der Waals surface area (Å²) in [6.07, 6.45) is 2.36. The van der Waals surface area contributed by atoms with Crippen LogP contribution < -0.4 is 0 Å². The van der Waals surface area contributed by atoms with Crippen LogP contribution in [0.25, 0.3) is 0 Å². The predicted octanol–water partition coefficient (Wildman–Crippen LogP) is 5.17. The molecule has 0 fully saturated rings. The van der Waals surface area contributed by atoms with E-state index >= 15 is 0 Å². The average molecular weight is 232 g/mol. The van der Waals surface area contributed by atoms with Crippen LogP contribution in [0.3, 0.4) is 0 Å². The quantitative estimate of drug-likeness (QED) is 0.678. The van der Waals surface area contributed by atoms with E-state index in [-0.39, 0.29) is 0 Å². The molecule has 1 aromatic carbocycles. The lowest BCUT2D eigenvalue weighted by Gasteiger charge is -2.27. The average Bonchev–Trinajstić information content (AvgIpc) is 2.27. The van der Waals surface area contributed by atoms with Crippen LogP contribution in [0.1, 0.15) is 50.7 Å². The second-order valence-corrected chi connectivity index (χ2v) is 6.08. The van der Waals surface area contributed by atoms with Crippen molar-refractivity contribution >= 4 is 11.8 Å². The van der Waals surface area contributed by atoms with Crippen molar-refractivity contribution in [2.45, 2.75) is 44.4 Å². The highest BCUT2D eigenvalue weighted by molar-refractivity contribution is 8.02. The Hall–Kier alpha value is -0.690. The number of allylic oxidation sites excluding steroid dienone is 1. The first-order chi connectivity index (χ1) is 7.61. The highest BCUT2D eigenvalue weighted by Crippen LogP contribution is 2.42. The Morgan fingerprint density at radius 2 is 1.88 bits per heavy atom. The van der Waals surface area contributed by atoms with Crippen LogP contribution in [0.4, 0.5) is 0 Å². The van der Waals surface area contributed by atoms with Gasteiger partial charge in [0.2, 0.25) is 0 Å². The Balaban J connectivity index is 2.54. The smallest absolute Gasteiger partial charge is 0.0157 e. The first-order valence-corrected chi connectivity index (χ1v) is 6.95. The molecule has 0 aliphatic carbocycles. The molecule has 1 unspecified atom stereocenters. The van der Waals surface area contributed by atoms with Gasteiger partial charge in [0, 0.05) is 10.8 Å². The van der Waals surface area contributed by atoms with E-state index < -0.39 is 0 Å². The highest BCUT2D eigenvalue weighted by Gasteiger charge is 2.23. The summed E-state index contributed by atoms with van der Waals surface area (Å²) in [7, 11) is 0. The van der Waals surface area contributed by atoms with Gasteiger partial charge in [-0.3, -0.25) is 0 Å². The molecule has 2 rings (SSSR count). The van der Waals surface area contributed by atoms with Crippen molar-refractivity contribution in [3.05, 3.63) is 40.8 Å². The monoisotopic (exact) mass is 232 g/mol. The number of fused-ring (bicyclic) bond motifs is 1. The van der Waals surface area contributed by atoms with Crippen molar-refractivity contribution < 1.29 is 0 Å². The Bertz CT molecular complexity index is 402. The van der Waals surface area contributed by atoms with E-state index in [2.05, 4.69) is 57.4 Å². The van der Waals surface area contributed by atoms with Crippen LogP contribution >= 0.6 is 11.8 Å². The maximum Gasteiger partial charge on any atom is 0.0157 e. The Morgan fingerprint density at radius 3 is 2.50 bits per heavy atom. The van der Waals surface area contributed by atoms with Crippen molar-refractivity contribution in [1.29, 1.82) is 0 Å². The third-order valence-corrected chi connectivity index (χ3v) is 4.16. The fourth-order valence-corrected chi connectivity index (χ4v) is 3.31. The summed E-state index contributed by atoms with van der Waals surface area (Å²) in [5.74, 6) is 1.88. The molecule has 1 aromatic rings. The molecule has 1 heteroatoms. The lowest BCUT2D eigenvalue weighted by Crippen LogP contribution is -2.11. The van der Waals surface area contributed by atoms with E-state index in [0.29, 0.717) is 17.8 Å². The summed E-state index contributed by atoms with van der Waals surface area (Å²) in [6, 6.07) is 6.74. The van der Waals surface area contributed by atoms with Gasteiger partial charge in [-0.2, -0.15) is 0 Å². The summed E-state index contributed by atoms with van der Waals surface area (Å²) in [5, 5.41) is 2.25. The molecule has 0 N–H and O–H groups in total. The maximum absolute atomic E-state index is 2.36. The second-order valence-electron chi connectivity index (χ2n) is 5.13. The molecule has 1 heterocycles. The molecule has 0 saturated heterocycles. The molecule has 86 valence electrons. The first-order valence-electron chi connectivity index (χ1n) is 6.07. The molecule has 1 atom stereocenters. The molecule has 16 heavy (non-hydrogen) atoms. The predicted molar refractivity (Wildman–Crippen MR) is 73.1 cm³/mol. The standard InChI is InChI=1S/C15H20S/c1-10(2)12-6-5-7-14-15(12)13(11(3)4)8-9-16-14/h5-11,13H,1-4H3. The van der Waals surface area contributed by atoms with Gasteiger partial charge in [-0.25, -0.2) is 0 Å². The fourth-order valence-electron chi connectivity index (χ4n) is 2.37. The molecule has 1 aliphatic heterocycles. The summed E-state index contributed by atoms with van der Waals surface area (Å²) >= 11 is 1.86. The van der Waals surface area contributed by atoms with Gasteiger partial charge in [0.1, 0.15) is 0 Å². The van der Waals surface area contributed by atoms with Crippen LogP contribution in [0, 0.1) is 5.92 Å². The highest BCUT2D eigenvalue weighted by atomic mass is 32.2. The van der Waals surface area contributed by atoms with Crippen molar-refractivity contribution in [3.8, 4) is 0 Å². The summed E-state index contributed by atoms with van der Waals surface area (Å²) in [5.41, 5.74) is 3.09. The normalized spacial score (nSPS) is 19.2. The topological polar surface area (TPSA) is 0 Å². The van der Waals surface area contributed by atoms with Crippen molar-refractivity contribution in [2.24, 2.45) is 5.92 Å². The van der Waals surface area contributed by atoms with Crippen molar-refractivity contribution in [2.75, 3.05) is 0 Å². The summed E-state index contributed by atoms with van der Waals surface area (Å²) < 4.78 is 0. The SMILES string of the molecule is CC(C)c1cccc2c1C(C(C)C)C=CS2. The zero-order valence-electron chi connectivity index (χ0n) is 10.5. The molecule has 0 saturated carbocycles. The number of hydrogen-bond donors (Lipinski definition) is 0. The van der Waals surface area contributed by atoms with Gasteiger partial charge < -0.3 is 0 Å². The number of thioether (sulfide) groups is 1. The van der Waals surface area contributed by atoms with E-state index in [1.165, 1.54) is 10.5 Å². The molecular weight excluding hydrogens is 212 g/mol. The fraction of sp³-hybridized carbons (Fsp3) is 0.467. The number of hydrogen-bond acceptors (Lipinski definition) is 1. The van der Waals surface area contributed by atoms with Crippen LogP contribution in [0.2, 0.25) is 0 Å². The van der Waals surface area contributed by atoms with E-state index in [9.17, 15) is 0 Å². The zero-order valence-corrected chi connectivity index (χ0v) is 11.3. The summed E-state index contributed by atoms with van der Waals surface area (Å²) in [6.45, 7) is 9.20. The van der Waals surface area contributed by atoms with Gasteiger partial charge >= 0.3 is 0 Å². The first kappa shape index (κ1) is 11.8. The second kappa shape index (κ2) is 4.67. The van der Waals surface area contributed by atoms with E-state index in [4.69, 9.17) is 0 Å². The largest absolute Gasteiger partial charge is 0.0981 e. The molecule has 0 spiro atoms. The van der Waals surface area contributed by atoms with E-state index in [1.807, 2.05) is 11.8 Å². The van der Waals surface area contributed by atoms with Gasteiger partial charge in [-0.1, -0.05) is 57.7 Å². The lowest BCUT2D eigenvalue weighted by atomic mass is 9.82. The minimum absolute atomic E-state index is 0.592. The minimum Gasteiger partial charge on any atom is -0.0981 e. The van der Waals surface area contributed by atoms with E-state index in [0.717, 1.165) is 0 Å². The summed E-state index contributed by atoms with van der Waals surface area (Å²) in [4.78, 5) is 1.45. The molecule has 0 bridgehead atoms. The van der Waals surface area contributed by atoms with Crippen LogP contribution in [-0.2, 0) is 0 Å². The van der Waals surface area contributed by atoms with Gasteiger partial charge in [-0.15, -0.1) is 0 Å². The molecule has 0 nitrogen and oxygen atoms in total. The van der Waals surface area contributed by atoms with Crippen LogP contribution in [0.15, 0.2) is 34.6 Å². The minimum atomic E-state index is 0.592. The van der Waals surface area contributed by atoms with Crippen LogP contribution in [-0.4, -0.2) is 0 Å². The molecule has 0 amide bonds. The lowest BCUT2D eigenvalue weighted by molar-refractivity contribution is 0.562. The third-order valence-electron chi connectivity index (χ3n) is 3.25.